The number of hydrogen-bond donors (Lipinski definition) is 0. The summed E-state index contributed by atoms with van der Waals surface area (Å²) in [7, 11) is 0. The van der Waals surface area contributed by atoms with Crippen molar-refractivity contribution in [1.82, 2.24) is 4.98 Å². The Kier molecular flexibility index (Phi) is 5.36. The second-order valence-corrected chi connectivity index (χ2v) is 5.64. The van der Waals surface area contributed by atoms with Gasteiger partial charge in [-0.25, -0.2) is 4.98 Å². The van der Waals surface area contributed by atoms with Gasteiger partial charge in [0.2, 0.25) is 5.95 Å². The summed E-state index contributed by atoms with van der Waals surface area (Å²) in [6.07, 6.45) is -9.13. The van der Waals surface area contributed by atoms with Crippen LogP contribution >= 0.6 is 0 Å². The third-order valence-electron chi connectivity index (χ3n) is 3.68. The molecule has 1 heterocycles. The topological polar surface area (TPSA) is 31.4 Å². The maximum Gasteiger partial charge on any atom is 0.573 e. The van der Waals surface area contributed by atoms with Crippen molar-refractivity contribution in [3.63, 3.8) is 0 Å². The van der Waals surface area contributed by atoms with Crippen molar-refractivity contribution in [2.24, 2.45) is 0 Å². The molecule has 1 aromatic heterocycles. The van der Waals surface area contributed by atoms with Crippen LogP contribution in [0.1, 0.15) is 0 Å². The molecule has 0 N–H and O–H groups in total. The van der Waals surface area contributed by atoms with E-state index in [1.165, 1.54) is 36.4 Å². The lowest BCUT2D eigenvalue weighted by Crippen LogP contribution is -2.18. The van der Waals surface area contributed by atoms with Crippen LogP contribution in [0.15, 0.2) is 60.8 Å². The molecule has 0 saturated carbocycles. The predicted octanol–water partition coefficient (Wildman–Crippen LogP) is 6.35. The first-order valence-corrected chi connectivity index (χ1v) is 7.89. The fourth-order valence-corrected chi connectivity index (χ4v) is 2.67. The molecule has 0 radical (unpaired) electrons. The van der Waals surface area contributed by atoms with E-state index in [4.69, 9.17) is 0 Å². The Morgan fingerprint density at radius 1 is 0.621 bits per heavy atom. The van der Waals surface area contributed by atoms with Crippen molar-refractivity contribution in [1.29, 1.82) is 0 Å². The van der Waals surface area contributed by atoms with Crippen molar-refractivity contribution in [2.45, 2.75) is 12.7 Å². The largest absolute Gasteiger partial charge is 0.573 e. The first-order chi connectivity index (χ1) is 13.5. The van der Waals surface area contributed by atoms with E-state index in [0.717, 1.165) is 24.4 Å². The molecule has 0 atom stereocenters. The summed E-state index contributed by atoms with van der Waals surface area (Å²) in [4.78, 5) is 3.42. The van der Waals surface area contributed by atoms with Crippen LogP contribution in [0, 0.1) is 5.95 Å². The van der Waals surface area contributed by atoms with Gasteiger partial charge in [-0.1, -0.05) is 36.4 Å². The molecular formula is C19H10F7NO2. The van der Waals surface area contributed by atoms with Gasteiger partial charge in [-0.05, 0) is 17.7 Å². The standard InChI is InChI=1S/C19H10F7NO2/c20-17-9-13(11-5-1-3-7-15(11)28-18(21,22)23)14(10-27-17)12-6-2-4-8-16(12)29-19(24,25)26/h1-10H. The number of benzene rings is 2. The lowest BCUT2D eigenvalue weighted by atomic mass is 9.95. The van der Waals surface area contributed by atoms with Gasteiger partial charge in [-0.3, -0.25) is 0 Å². The number of halogens is 7. The summed E-state index contributed by atoms with van der Waals surface area (Å²) < 4.78 is 98.2. The summed E-state index contributed by atoms with van der Waals surface area (Å²) in [6.45, 7) is 0. The van der Waals surface area contributed by atoms with Crippen LogP contribution in [-0.2, 0) is 0 Å². The minimum atomic E-state index is -5.03. The number of pyridine rings is 1. The number of para-hydroxylation sites is 2. The quantitative estimate of drug-likeness (QED) is 0.366. The SMILES string of the molecule is Fc1cc(-c2ccccc2OC(F)(F)F)c(-c2ccccc2OC(F)(F)F)cn1. The molecule has 0 fully saturated rings. The Balaban J connectivity index is 2.21. The lowest BCUT2D eigenvalue weighted by molar-refractivity contribution is -0.275. The summed E-state index contributed by atoms with van der Waals surface area (Å²) >= 11 is 0. The van der Waals surface area contributed by atoms with Gasteiger partial charge in [0.05, 0.1) is 0 Å². The molecule has 29 heavy (non-hydrogen) atoms. The molecule has 152 valence electrons. The normalized spacial score (nSPS) is 12.0. The monoisotopic (exact) mass is 417 g/mol. The second kappa shape index (κ2) is 7.61. The molecule has 0 amide bonds. The van der Waals surface area contributed by atoms with Crippen LogP contribution in [0.4, 0.5) is 30.7 Å². The zero-order valence-electron chi connectivity index (χ0n) is 14.2. The van der Waals surface area contributed by atoms with E-state index in [9.17, 15) is 30.7 Å². The van der Waals surface area contributed by atoms with Crippen molar-refractivity contribution in [3.05, 3.63) is 66.7 Å². The van der Waals surface area contributed by atoms with E-state index in [0.29, 0.717) is 0 Å². The zero-order chi connectivity index (χ0) is 21.2. The highest BCUT2D eigenvalue weighted by atomic mass is 19.4. The minimum absolute atomic E-state index is 0.0792. The summed E-state index contributed by atoms with van der Waals surface area (Å²) in [6, 6.07) is 10.6. The summed E-state index contributed by atoms with van der Waals surface area (Å²) in [5.41, 5.74) is -0.572. The number of alkyl halides is 6. The van der Waals surface area contributed by atoms with Crippen molar-refractivity contribution < 1.29 is 40.2 Å². The maximum absolute atomic E-state index is 13.8. The Labute approximate surface area is 159 Å². The van der Waals surface area contributed by atoms with Gasteiger partial charge in [-0.2, -0.15) is 4.39 Å². The fraction of sp³-hybridized carbons (Fsp3) is 0.105. The minimum Gasteiger partial charge on any atom is -0.405 e. The van der Waals surface area contributed by atoms with Gasteiger partial charge >= 0.3 is 12.7 Å². The number of aromatic nitrogens is 1. The molecule has 3 nitrogen and oxygen atoms in total. The van der Waals surface area contributed by atoms with Crippen molar-refractivity contribution in [3.8, 4) is 33.8 Å². The number of rotatable bonds is 4. The number of ether oxygens (including phenoxy) is 2. The van der Waals surface area contributed by atoms with Crippen LogP contribution in [0.2, 0.25) is 0 Å². The molecule has 3 rings (SSSR count). The Morgan fingerprint density at radius 2 is 1.07 bits per heavy atom. The average molecular weight is 417 g/mol. The van der Waals surface area contributed by atoms with E-state index in [1.807, 2.05) is 0 Å². The molecule has 10 heteroatoms. The molecule has 0 unspecified atom stereocenters. The van der Waals surface area contributed by atoms with Crippen LogP contribution in [0.25, 0.3) is 22.3 Å². The molecule has 3 aromatic rings. The summed E-state index contributed by atoms with van der Waals surface area (Å²) in [5.74, 6) is -2.32. The molecule has 0 spiro atoms. The fourth-order valence-electron chi connectivity index (χ4n) is 2.67. The number of hydrogen-bond acceptors (Lipinski definition) is 3. The van der Waals surface area contributed by atoms with Gasteiger partial charge < -0.3 is 9.47 Å². The van der Waals surface area contributed by atoms with Crippen LogP contribution < -0.4 is 9.47 Å². The molecule has 0 aliphatic rings. The highest BCUT2D eigenvalue weighted by Gasteiger charge is 2.34. The highest BCUT2D eigenvalue weighted by molar-refractivity contribution is 5.87. The first-order valence-electron chi connectivity index (χ1n) is 7.89. The van der Waals surface area contributed by atoms with E-state index >= 15 is 0 Å². The van der Waals surface area contributed by atoms with Crippen molar-refractivity contribution in [2.75, 3.05) is 0 Å². The Morgan fingerprint density at radius 3 is 1.55 bits per heavy atom. The van der Waals surface area contributed by atoms with E-state index in [1.54, 1.807) is 0 Å². The maximum atomic E-state index is 13.8. The van der Waals surface area contributed by atoms with Crippen molar-refractivity contribution >= 4 is 0 Å². The van der Waals surface area contributed by atoms with Crippen LogP contribution in [-0.4, -0.2) is 17.7 Å². The predicted molar refractivity (Wildman–Crippen MR) is 88.4 cm³/mol. The van der Waals surface area contributed by atoms with Crippen LogP contribution in [0.5, 0.6) is 11.5 Å². The molecule has 0 aliphatic carbocycles. The molecule has 0 saturated heterocycles. The second-order valence-electron chi connectivity index (χ2n) is 5.64. The molecule has 0 aliphatic heterocycles. The molecular weight excluding hydrogens is 407 g/mol. The van der Waals surface area contributed by atoms with Gasteiger partial charge in [0, 0.05) is 29.0 Å². The third kappa shape index (κ3) is 5.15. The first kappa shape index (κ1) is 20.4. The number of nitrogens with zero attached hydrogens (tertiary/aromatic N) is 1. The van der Waals surface area contributed by atoms with E-state index in [-0.39, 0.29) is 22.3 Å². The zero-order valence-corrected chi connectivity index (χ0v) is 14.2. The van der Waals surface area contributed by atoms with E-state index < -0.39 is 30.2 Å². The smallest absolute Gasteiger partial charge is 0.405 e. The van der Waals surface area contributed by atoms with E-state index in [2.05, 4.69) is 14.5 Å². The lowest BCUT2D eigenvalue weighted by Gasteiger charge is -2.18. The molecule has 2 aromatic carbocycles. The summed E-state index contributed by atoms with van der Waals surface area (Å²) in [5, 5.41) is 0. The van der Waals surface area contributed by atoms with Gasteiger partial charge in [0.15, 0.2) is 0 Å². The third-order valence-corrected chi connectivity index (χ3v) is 3.68. The highest BCUT2D eigenvalue weighted by Crippen LogP contribution is 2.42. The molecule has 0 bridgehead atoms. The average Bonchev–Trinajstić information content (AvgIpc) is 2.60. The van der Waals surface area contributed by atoms with Gasteiger partial charge in [0.1, 0.15) is 11.5 Å². The Hall–Kier alpha value is -3.30. The Bertz CT molecular complexity index is 1020. The van der Waals surface area contributed by atoms with Gasteiger partial charge in [-0.15, -0.1) is 26.3 Å². The van der Waals surface area contributed by atoms with Crippen LogP contribution in [0.3, 0.4) is 0 Å². The van der Waals surface area contributed by atoms with Gasteiger partial charge in [0.25, 0.3) is 0 Å².